The van der Waals surface area contributed by atoms with Gasteiger partial charge in [-0.15, -0.1) is 0 Å². The van der Waals surface area contributed by atoms with Crippen LogP contribution >= 0.6 is 15.9 Å². The van der Waals surface area contributed by atoms with E-state index in [0.717, 1.165) is 21.3 Å². The first-order valence-electron chi connectivity index (χ1n) is 7.01. The first-order chi connectivity index (χ1) is 10.6. The molecule has 0 saturated heterocycles. The van der Waals surface area contributed by atoms with E-state index in [4.69, 9.17) is 4.74 Å². The summed E-state index contributed by atoms with van der Waals surface area (Å²) in [6.07, 6.45) is 0. The van der Waals surface area contributed by atoms with Crippen LogP contribution in [-0.2, 0) is 6.54 Å². The first kappa shape index (κ1) is 16.4. The lowest BCUT2D eigenvalue weighted by atomic mass is 10.1. The molecule has 0 spiro atoms. The summed E-state index contributed by atoms with van der Waals surface area (Å²) in [7, 11) is 1.63. The smallest absolute Gasteiger partial charge is 0.315 e. The van der Waals surface area contributed by atoms with Crippen LogP contribution in [0.4, 0.5) is 4.79 Å². The number of hydrogen-bond donors (Lipinski definition) is 2. The molecule has 4 nitrogen and oxygen atoms in total. The van der Waals surface area contributed by atoms with Crippen LogP contribution in [0.3, 0.4) is 0 Å². The Morgan fingerprint density at radius 1 is 1.14 bits per heavy atom. The summed E-state index contributed by atoms with van der Waals surface area (Å²) in [4.78, 5) is 11.9. The number of amides is 2. The summed E-state index contributed by atoms with van der Waals surface area (Å²) >= 11 is 3.40. The van der Waals surface area contributed by atoms with E-state index < -0.39 is 0 Å². The number of rotatable bonds is 5. The number of hydrogen-bond acceptors (Lipinski definition) is 2. The third-order valence-electron chi connectivity index (χ3n) is 3.33. The lowest BCUT2D eigenvalue weighted by Gasteiger charge is -2.15. The molecule has 0 aromatic heterocycles. The van der Waals surface area contributed by atoms with Gasteiger partial charge in [-0.2, -0.15) is 0 Å². The molecule has 1 unspecified atom stereocenters. The van der Waals surface area contributed by atoms with Crippen molar-refractivity contribution in [2.24, 2.45) is 0 Å². The molecule has 2 aromatic carbocycles. The molecular formula is C17H19BrN2O2. The molecular weight excluding hydrogens is 344 g/mol. The fourth-order valence-corrected chi connectivity index (χ4v) is 2.27. The van der Waals surface area contributed by atoms with Crippen LogP contribution in [0.15, 0.2) is 53.0 Å². The van der Waals surface area contributed by atoms with Gasteiger partial charge in [0.05, 0.1) is 13.2 Å². The number of carbonyl (C=O) groups excluding carboxylic acids is 1. The fraction of sp³-hybridized carbons (Fsp3) is 0.235. The number of benzene rings is 2. The predicted octanol–water partition coefficient (Wildman–Crippen LogP) is 4.02. The van der Waals surface area contributed by atoms with E-state index in [1.165, 1.54) is 0 Å². The largest absolute Gasteiger partial charge is 0.497 e. The summed E-state index contributed by atoms with van der Waals surface area (Å²) in [5.74, 6) is 0.803. The van der Waals surface area contributed by atoms with Crippen LogP contribution in [0.25, 0.3) is 0 Å². The van der Waals surface area contributed by atoms with E-state index in [9.17, 15) is 4.79 Å². The Bertz CT molecular complexity index is 612. The molecule has 2 rings (SSSR count). The Balaban J connectivity index is 1.83. The Hall–Kier alpha value is -2.01. The van der Waals surface area contributed by atoms with E-state index in [-0.39, 0.29) is 12.1 Å². The Morgan fingerprint density at radius 3 is 2.36 bits per heavy atom. The molecule has 2 aromatic rings. The molecule has 5 heteroatoms. The quantitative estimate of drug-likeness (QED) is 0.843. The van der Waals surface area contributed by atoms with E-state index in [1.807, 2.05) is 55.5 Å². The average Bonchev–Trinajstić information content (AvgIpc) is 2.54. The van der Waals surface area contributed by atoms with Crippen LogP contribution in [-0.4, -0.2) is 13.1 Å². The number of carbonyl (C=O) groups is 1. The van der Waals surface area contributed by atoms with E-state index in [0.29, 0.717) is 6.54 Å². The highest BCUT2D eigenvalue weighted by Gasteiger charge is 2.09. The monoisotopic (exact) mass is 362 g/mol. The van der Waals surface area contributed by atoms with Crippen molar-refractivity contribution in [3.05, 3.63) is 64.1 Å². The molecule has 0 aliphatic carbocycles. The van der Waals surface area contributed by atoms with Gasteiger partial charge in [-0.1, -0.05) is 40.2 Å². The topological polar surface area (TPSA) is 50.4 Å². The summed E-state index contributed by atoms with van der Waals surface area (Å²) in [5.41, 5.74) is 2.08. The van der Waals surface area contributed by atoms with Gasteiger partial charge < -0.3 is 15.4 Å². The predicted molar refractivity (Wildman–Crippen MR) is 90.9 cm³/mol. The van der Waals surface area contributed by atoms with Crippen LogP contribution in [0.1, 0.15) is 24.1 Å². The molecule has 2 amide bonds. The third kappa shape index (κ3) is 4.77. The van der Waals surface area contributed by atoms with Crippen molar-refractivity contribution >= 4 is 22.0 Å². The van der Waals surface area contributed by atoms with Crippen molar-refractivity contribution in [1.82, 2.24) is 10.6 Å². The minimum atomic E-state index is -0.189. The number of nitrogens with one attached hydrogen (secondary N) is 2. The van der Waals surface area contributed by atoms with Gasteiger partial charge in [-0.3, -0.25) is 0 Å². The zero-order valence-electron chi connectivity index (χ0n) is 12.6. The summed E-state index contributed by atoms with van der Waals surface area (Å²) in [5, 5.41) is 5.77. The van der Waals surface area contributed by atoms with Crippen molar-refractivity contribution in [1.29, 1.82) is 0 Å². The molecule has 0 aliphatic rings. The van der Waals surface area contributed by atoms with Crippen molar-refractivity contribution in [2.75, 3.05) is 7.11 Å². The van der Waals surface area contributed by atoms with E-state index in [1.54, 1.807) is 7.11 Å². The highest BCUT2D eigenvalue weighted by atomic mass is 79.9. The molecule has 0 heterocycles. The molecule has 0 bridgehead atoms. The van der Waals surface area contributed by atoms with Gasteiger partial charge >= 0.3 is 6.03 Å². The zero-order valence-corrected chi connectivity index (χ0v) is 14.2. The molecule has 0 aliphatic heterocycles. The Kier molecular flexibility index (Phi) is 5.83. The van der Waals surface area contributed by atoms with E-state index >= 15 is 0 Å². The molecule has 116 valence electrons. The Labute approximate surface area is 139 Å². The second-order valence-corrected chi connectivity index (χ2v) is 5.86. The molecule has 22 heavy (non-hydrogen) atoms. The van der Waals surface area contributed by atoms with Crippen LogP contribution < -0.4 is 15.4 Å². The second-order valence-electron chi connectivity index (χ2n) is 4.95. The minimum Gasteiger partial charge on any atom is -0.497 e. The van der Waals surface area contributed by atoms with Gasteiger partial charge in [0.25, 0.3) is 0 Å². The minimum absolute atomic E-state index is 0.0519. The number of ether oxygens (including phenoxy) is 1. The van der Waals surface area contributed by atoms with Gasteiger partial charge in [0.15, 0.2) is 0 Å². The van der Waals surface area contributed by atoms with Crippen molar-refractivity contribution in [3.63, 3.8) is 0 Å². The molecule has 0 fully saturated rings. The van der Waals surface area contributed by atoms with Crippen molar-refractivity contribution < 1.29 is 9.53 Å². The molecule has 2 N–H and O–H groups in total. The number of halogens is 1. The SMILES string of the molecule is COc1ccc(CNC(=O)NC(C)c2ccc(Br)cc2)cc1. The maximum atomic E-state index is 11.9. The van der Waals surface area contributed by atoms with Crippen LogP contribution in [0.5, 0.6) is 5.75 Å². The normalized spacial score (nSPS) is 11.6. The van der Waals surface area contributed by atoms with Gasteiger partial charge in [0.1, 0.15) is 5.75 Å². The number of methoxy groups -OCH3 is 1. The lowest BCUT2D eigenvalue weighted by Crippen LogP contribution is -2.36. The standard InChI is InChI=1S/C17H19BrN2O2/c1-12(14-5-7-15(18)8-6-14)20-17(21)19-11-13-3-9-16(22-2)10-4-13/h3-10,12H,11H2,1-2H3,(H2,19,20,21). The maximum Gasteiger partial charge on any atom is 0.315 e. The van der Waals surface area contributed by atoms with E-state index in [2.05, 4.69) is 26.6 Å². The Morgan fingerprint density at radius 2 is 1.77 bits per heavy atom. The average molecular weight is 363 g/mol. The molecule has 1 atom stereocenters. The summed E-state index contributed by atoms with van der Waals surface area (Å²) in [6, 6.07) is 15.3. The zero-order chi connectivity index (χ0) is 15.9. The van der Waals surface area contributed by atoms with Gasteiger partial charge in [-0.25, -0.2) is 4.79 Å². The molecule has 0 saturated carbocycles. The second kappa shape index (κ2) is 7.84. The van der Waals surface area contributed by atoms with Gasteiger partial charge in [0, 0.05) is 11.0 Å². The third-order valence-corrected chi connectivity index (χ3v) is 3.86. The highest BCUT2D eigenvalue weighted by molar-refractivity contribution is 9.10. The van der Waals surface area contributed by atoms with Gasteiger partial charge in [0.2, 0.25) is 0 Å². The lowest BCUT2D eigenvalue weighted by molar-refractivity contribution is 0.237. The summed E-state index contributed by atoms with van der Waals surface area (Å²) < 4.78 is 6.12. The number of urea groups is 1. The molecule has 0 radical (unpaired) electrons. The van der Waals surface area contributed by atoms with Crippen LogP contribution in [0.2, 0.25) is 0 Å². The van der Waals surface area contributed by atoms with Crippen LogP contribution in [0, 0.1) is 0 Å². The fourth-order valence-electron chi connectivity index (χ4n) is 2.01. The highest BCUT2D eigenvalue weighted by Crippen LogP contribution is 2.16. The van der Waals surface area contributed by atoms with Crippen molar-refractivity contribution in [2.45, 2.75) is 19.5 Å². The van der Waals surface area contributed by atoms with Gasteiger partial charge in [-0.05, 0) is 42.3 Å². The van der Waals surface area contributed by atoms with Crippen molar-refractivity contribution in [3.8, 4) is 5.75 Å². The summed E-state index contributed by atoms with van der Waals surface area (Å²) in [6.45, 7) is 2.43. The maximum absolute atomic E-state index is 11.9. The first-order valence-corrected chi connectivity index (χ1v) is 7.80.